The fraction of sp³-hybridized carbons (Fsp3) is 0.179. The Bertz CT molecular complexity index is 1900. The maximum absolute atomic E-state index is 13.1. The molecule has 0 fully saturated rings. The summed E-state index contributed by atoms with van der Waals surface area (Å²) in [4.78, 5) is 12.2. The molecule has 0 spiro atoms. The summed E-state index contributed by atoms with van der Waals surface area (Å²) in [6, 6.07) is 10.3. The fourth-order valence-corrected chi connectivity index (χ4v) is 5.07. The van der Waals surface area contributed by atoms with Gasteiger partial charge in [-0.05, 0) is 48.0 Å². The highest BCUT2D eigenvalue weighted by atomic mass is 35.5. The number of aromatic nitrogens is 2. The lowest BCUT2D eigenvalue weighted by molar-refractivity contribution is -0.274. The molecular weight excluding hydrogens is 654 g/mol. The molecule has 17 heteroatoms. The van der Waals surface area contributed by atoms with Crippen molar-refractivity contribution < 1.29 is 49.0 Å². The van der Waals surface area contributed by atoms with Crippen LogP contribution in [0, 0.1) is 6.92 Å². The normalized spacial score (nSPS) is 13.3. The van der Waals surface area contributed by atoms with Gasteiger partial charge in [0.25, 0.3) is 0 Å². The van der Waals surface area contributed by atoms with Crippen LogP contribution in [0.2, 0.25) is 0 Å². The first-order valence-corrected chi connectivity index (χ1v) is 14.7. The summed E-state index contributed by atoms with van der Waals surface area (Å²) in [5.74, 6) is -0.369. The number of aliphatic imine (C=N–C) groups is 1. The van der Waals surface area contributed by atoms with E-state index in [0.29, 0.717) is 11.8 Å². The number of nitrogens with two attached hydrogens (primary N) is 1. The van der Waals surface area contributed by atoms with Gasteiger partial charge < -0.3 is 20.0 Å². The number of halogens is 7. The van der Waals surface area contributed by atoms with E-state index in [9.17, 15) is 39.9 Å². The van der Waals surface area contributed by atoms with Crippen molar-refractivity contribution in [2.45, 2.75) is 31.0 Å². The summed E-state index contributed by atoms with van der Waals surface area (Å²) in [5.41, 5.74) is 4.56. The van der Waals surface area contributed by atoms with Gasteiger partial charge in [-0.25, -0.2) is 13.4 Å². The molecule has 4 aromatic rings. The molecule has 0 bridgehead atoms. The third-order valence-corrected chi connectivity index (χ3v) is 7.48. The molecule has 0 aliphatic heterocycles. The lowest BCUT2D eigenvalue weighted by Crippen LogP contribution is -2.20. The van der Waals surface area contributed by atoms with Gasteiger partial charge in [0.1, 0.15) is 17.1 Å². The Morgan fingerprint density at radius 2 is 1.71 bits per heavy atom. The molecule has 0 atom stereocenters. The Labute approximate surface area is 256 Å². The number of hydrogen-bond acceptors (Lipinski definition) is 9. The first-order valence-electron chi connectivity index (χ1n) is 12.4. The van der Waals surface area contributed by atoms with E-state index in [1.165, 1.54) is 49.5 Å². The van der Waals surface area contributed by atoms with Crippen LogP contribution in [0.15, 0.2) is 79.8 Å². The lowest BCUT2D eigenvalue weighted by Gasteiger charge is -2.12. The van der Waals surface area contributed by atoms with Crippen molar-refractivity contribution >= 4 is 33.3 Å². The Morgan fingerprint density at radius 3 is 2.29 bits per heavy atom. The van der Waals surface area contributed by atoms with Gasteiger partial charge in [-0.3, -0.25) is 9.98 Å². The smallest absolute Gasteiger partial charge is 0.440 e. The first-order chi connectivity index (χ1) is 20.9. The van der Waals surface area contributed by atoms with E-state index in [2.05, 4.69) is 19.7 Å². The van der Waals surface area contributed by atoms with Crippen LogP contribution in [-0.4, -0.2) is 48.5 Å². The topological polar surface area (TPSA) is 141 Å². The summed E-state index contributed by atoms with van der Waals surface area (Å²) in [6.07, 6.45) is -6.93. The van der Waals surface area contributed by atoms with Crippen LogP contribution in [-0.2, 0) is 16.4 Å². The fourth-order valence-electron chi connectivity index (χ4n) is 4.03. The van der Waals surface area contributed by atoms with Crippen LogP contribution in [0.5, 0.6) is 5.75 Å². The number of ether oxygens (including phenoxy) is 1. The predicted molar refractivity (Wildman–Crippen MR) is 152 cm³/mol. The number of sulfone groups is 1. The van der Waals surface area contributed by atoms with Gasteiger partial charge in [-0.2, -0.15) is 13.2 Å². The molecule has 2 heterocycles. The van der Waals surface area contributed by atoms with Crippen LogP contribution in [0.3, 0.4) is 0 Å². The zero-order valence-electron chi connectivity index (χ0n) is 23.0. The molecule has 4 rings (SSSR count). The van der Waals surface area contributed by atoms with Crippen LogP contribution < -0.4 is 10.5 Å². The van der Waals surface area contributed by atoms with Crippen LogP contribution in [0.25, 0.3) is 33.7 Å². The van der Waals surface area contributed by atoms with E-state index in [1.807, 2.05) is 0 Å². The average molecular weight is 675 g/mol. The second-order valence-corrected chi connectivity index (χ2v) is 11.7. The molecular formula is C28H21ClF6N4O5S. The zero-order valence-corrected chi connectivity index (χ0v) is 24.6. The van der Waals surface area contributed by atoms with Gasteiger partial charge in [0, 0.05) is 42.3 Å². The Morgan fingerprint density at radius 1 is 1.07 bits per heavy atom. The van der Waals surface area contributed by atoms with E-state index < -0.39 is 45.5 Å². The summed E-state index contributed by atoms with van der Waals surface area (Å²) < 4.78 is 112. The minimum absolute atomic E-state index is 0.00423. The maximum atomic E-state index is 13.1. The van der Waals surface area contributed by atoms with Crippen LogP contribution in [0.1, 0.15) is 11.6 Å². The third kappa shape index (κ3) is 8.01. The van der Waals surface area contributed by atoms with E-state index in [-0.39, 0.29) is 50.3 Å². The van der Waals surface area contributed by atoms with Gasteiger partial charge in [0.2, 0.25) is 0 Å². The molecule has 0 unspecified atom stereocenters. The molecule has 45 heavy (non-hydrogen) atoms. The number of alkyl halides is 6. The number of aliphatic hydroxyl groups excluding tert-OH is 1. The lowest BCUT2D eigenvalue weighted by atomic mass is 9.99. The summed E-state index contributed by atoms with van der Waals surface area (Å²) >= 11 is 5.74. The number of aliphatic hydroxyl groups is 1. The Balaban J connectivity index is 1.92. The summed E-state index contributed by atoms with van der Waals surface area (Å²) in [7, 11) is -3.82. The summed E-state index contributed by atoms with van der Waals surface area (Å²) in [5, 5.41) is 8.65. The molecule has 0 aliphatic carbocycles. The van der Waals surface area contributed by atoms with Gasteiger partial charge in [0.15, 0.2) is 21.5 Å². The van der Waals surface area contributed by atoms with Crippen molar-refractivity contribution in [1.82, 2.24) is 9.97 Å². The minimum Gasteiger partial charge on any atom is -0.440 e. The quantitative estimate of drug-likeness (QED) is 0.153. The van der Waals surface area contributed by atoms with Crippen molar-refractivity contribution in [1.29, 1.82) is 0 Å². The standard InChI is InChI=1S/C28H21ClF6N4O5S/c1-14-39-24(15-3-6-18(7-4-15)44-28(33,34)35)25(43-14)19-9-16(17-10-23(45(2,41)42)22(13-40)37-11-17)5-8-21(19)38-12-20(29)26(36)27(30,31)32/h3-12,40H,13,36H2,1-2H3. The monoisotopic (exact) mass is 674 g/mol. The number of hydrogen-bond donors (Lipinski definition) is 2. The molecule has 9 nitrogen and oxygen atoms in total. The average Bonchev–Trinajstić information content (AvgIpc) is 3.35. The van der Waals surface area contributed by atoms with E-state index >= 15 is 0 Å². The third-order valence-electron chi connectivity index (χ3n) is 6.03. The number of pyridine rings is 1. The second kappa shape index (κ2) is 12.5. The van der Waals surface area contributed by atoms with Crippen molar-refractivity contribution in [3.63, 3.8) is 0 Å². The SMILES string of the molecule is Cc1nc(-c2ccc(OC(F)(F)F)cc2)c(-c2cc(-c3cnc(CO)c(S(C)(=O)=O)c3)ccc2N=CC(Cl)=C(N)C(F)(F)F)o1. The molecule has 0 saturated carbocycles. The Hall–Kier alpha value is -4.41. The number of allylic oxidation sites excluding steroid dienone is 2. The molecule has 3 N–H and O–H groups in total. The van der Waals surface area contributed by atoms with Crippen molar-refractivity contribution in [2.24, 2.45) is 10.7 Å². The van der Waals surface area contributed by atoms with Crippen molar-refractivity contribution in [3.05, 3.63) is 77.0 Å². The maximum Gasteiger partial charge on any atom is 0.573 e. The van der Waals surface area contributed by atoms with Crippen LogP contribution in [0.4, 0.5) is 32.0 Å². The molecule has 238 valence electrons. The molecule has 2 aromatic carbocycles. The molecule has 2 aromatic heterocycles. The number of oxazole rings is 1. The van der Waals surface area contributed by atoms with Gasteiger partial charge in [-0.1, -0.05) is 17.7 Å². The molecule has 0 aliphatic rings. The molecule has 0 amide bonds. The summed E-state index contributed by atoms with van der Waals surface area (Å²) in [6.45, 7) is 0.838. The van der Waals surface area contributed by atoms with Crippen LogP contribution >= 0.6 is 11.6 Å². The highest BCUT2D eigenvalue weighted by Gasteiger charge is 2.34. The zero-order chi connectivity index (χ0) is 33.3. The Kier molecular flexibility index (Phi) is 9.32. The van der Waals surface area contributed by atoms with Gasteiger partial charge in [0.05, 0.1) is 27.9 Å². The van der Waals surface area contributed by atoms with Gasteiger partial charge >= 0.3 is 12.5 Å². The highest BCUT2D eigenvalue weighted by Crippen LogP contribution is 2.41. The number of rotatable bonds is 8. The molecule has 0 radical (unpaired) electrons. The van der Waals surface area contributed by atoms with E-state index in [0.717, 1.165) is 18.4 Å². The van der Waals surface area contributed by atoms with E-state index in [4.69, 9.17) is 21.8 Å². The predicted octanol–water partition coefficient (Wildman–Crippen LogP) is 6.85. The second-order valence-electron chi connectivity index (χ2n) is 9.33. The number of aryl methyl sites for hydroxylation is 1. The number of nitrogens with zero attached hydrogens (tertiary/aromatic N) is 3. The van der Waals surface area contributed by atoms with Crippen molar-refractivity contribution in [3.8, 4) is 39.5 Å². The molecule has 0 saturated heterocycles. The first kappa shape index (κ1) is 33.5. The number of benzene rings is 2. The van der Waals surface area contributed by atoms with E-state index in [1.54, 1.807) is 0 Å². The minimum atomic E-state index is -4.93. The van der Waals surface area contributed by atoms with Gasteiger partial charge in [-0.15, -0.1) is 13.2 Å². The highest BCUT2D eigenvalue weighted by molar-refractivity contribution is 7.90. The largest absolute Gasteiger partial charge is 0.573 e. The van der Waals surface area contributed by atoms with Crippen molar-refractivity contribution in [2.75, 3.05) is 6.26 Å².